The molecule has 0 saturated carbocycles. The van der Waals surface area contributed by atoms with E-state index >= 15 is 0 Å². The topological polar surface area (TPSA) is 64.5 Å². The molecule has 0 radical (unpaired) electrons. The number of halogens is 1. The quantitative estimate of drug-likeness (QED) is 0.428. The van der Waals surface area contributed by atoms with Crippen LogP contribution in [0.2, 0.25) is 0 Å². The number of hydrogen-bond donors (Lipinski definition) is 0. The average Bonchev–Trinajstić information content (AvgIpc) is 2.73. The molecule has 6 nitrogen and oxygen atoms in total. The molecule has 1 heterocycles. The molecule has 0 N–H and O–H groups in total. The fraction of sp³-hybridized carbons (Fsp3) is 0.292. The minimum absolute atomic E-state index is 0.0313. The average molecular weight is 484 g/mol. The van der Waals surface area contributed by atoms with Crippen molar-refractivity contribution in [3.8, 4) is 11.6 Å². The highest BCUT2D eigenvalue weighted by atomic mass is 79.9. The van der Waals surface area contributed by atoms with E-state index < -0.39 is 5.60 Å². The first-order chi connectivity index (χ1) is 14.7. The molecule has 3 rings (SSSR count). The van der Waals surface area contributed by atoms with Crippen molar-refractivity contribution in [2.24, 2.45) is 0 Å². The van der Waals surface area contributed by atoms with Gasteiger partial charge in [-0.15, -0.1) is 0 Å². The van der Waals surface area contributed by atoms with Gasteiger partial charge in [0.25, 0.3) is 0 Å². The monoisotopic (exact) mass is 483 g/mol. The molecule has 0 aliphatic carbocycles. The smallest absolute Gasteiger partial charge is 0.410 e. The fourth-order valence-corrected chi connectivity index (χ4v) is 3.28. The fourth-order valence-electron chi connectivity index (χ4n) is 3.01. The van der Waals surface area contributed by atoms with Gasteiger partial charge >= 0.3 is 6.09 Å². The molecule has 7 heteroatoms. The van der Waals surface area contributed by atoms with E-state index in [1.807, 2.05) is 57.2 Å². The maximum atomic E-state index is 12.5. The third kappa shape index (κ3) is 6.79. The summed E-state index contributed by atoms with van der Waals surface area (Å²) < 4.78 is 12.3. The molecule has 3 aromatic rings. The summed E-state index contributed by atoms with van der Waals surface area (Å²) in [5.74, 6) is 1.07. The first-order valence-electron chi connectivity index (χ1n) is 9.95. The molecular weight excluding hydrogens is 458 g/mol. The molecule has 0 aliphatic rings. The molecule has 0 bridgehead atoms. The SMILES string of the molecule is CN(CC(c1ccc(Br)cc1)c1ccc(Oc2cnccn2)cc1)C(=O)OC(C)(C)C. The lowest BCUT2D eigenvalue weighted by atomic mass is 9.91. The number of nitrogens with zero attached hydrogens (tertiary/aromatic N) is 3. The van der Waals surface area contributed by atoms with Gasteiger partial charge in [-0.3, -0.25) is 4.98 Å². The number of ether oxygens (including phenoxy) is 2. The van der Waals surface area contributed by atoms with E-state index in [1.54, 1.807) is 30.5 Å². The summed E-state index contributed by atoms with van der Waals surface area (Å²) in [4.78, 5) is 22.3. The predicted octanol–water partition coefficient (Wildman–Crippen LogP) is 6.03. The van der Waals surface area contributed by atoms with Crippen molar-refractivity contribution in [2.75, 3.05) is 13.6 Å². The Labute approximate surface area is 191 Å². The second-order valence-electron chi connectivity index (χ2n) is 8.18. The van der Waals surface area contributed by atoms with E-state index in [-0.39, 0.29) is 12.0 Å². The van der Waals surface area contributed by atoms with Crippen LogP contribution >= 0.6 is 15.9 Å². The summed E-state index contributed by atoms with van der Waals surface area (Å²) in [6.45, 7) is 6.06. The summed E-state index contributed by atoms with van der Waals surface area (Å²) in [6.07, 6.45) is 4.39. The van der Waals surface area contributed by atoms with Crippen LogP contribution in [-0.4, -0.2) is 40.2 Å². The second kappa shape index (κ2) is 9.92. The molecule has 31 heavy (non-hydrogen) atoms. The maximum absolute atomic E-state index is 12.5. The zero-order valence-corrected chi connectivity index (χ0v) is 19.7. The minimum Gasteiger partial charge on any atom is -0.444 e. The van der Waals surface area contributed by atoms with Crippen LogP contribution < -0.4 is 4.74 Å². The van der Waals surface area contributed by atoms with Crippen LogP contribution in [0.25, 0.3) is 0 Å². The number of aromatic nitrogens is 2. The number of rotatable bonds is 6. The number of carbonyl (C=O) groups excluding carboxylic acids is 1. The number of hydrogen-bond acceptors (Lipinski definition) is 5. The van der Waals surface area contributed by atoms with Crippen LogP contribution in [0.5, 0.6) is 11.6 Å². The lowest BCUT2D eigenvalue weighted by Gasteiger charge is -2.28. The Morgan fingerprint density at radius 3 is 2.19 bits per heavy atom. The van der Waals surface area contributed by atoms with Gasteiger partial charge in [-0.25, -0.2) is 9.78 Å². The Hall–Kier alpha value is -2.93. The number of likely N-dealkylation sites (N-methyl/N-ethyl adjacent to an activating group) is 1. The largest absolute Gasteiger partial charge is 0.444 e. The summed E-state index contributed by atoms with van der Waals surface area (Å²) in [7, 11) is 1.76. The van der Waals surface area contributed by atoms with Gasteiger partial charge in [0.2, 0.25) is 5.88 Å². The van der Waals surface area contributed by atoms with E-state index in [2.05, 4.69) is 38.0 Å². The van der Waals surface area contributed by atoms with Gasteiger partial charge in [-0.1, -0.05) is 40.2 Å². The highest BCUT2D eigenvalue weighted by Crippen LogP contribution is 2.29. The van der Waals surface area contributed by atoms with E-state index in [0.717, 1.165) is 15.6 Å². The first-order valence-corrected chi connectivity index (χ1v) is 10.7. The van der Waals surface area contributed by atoms with Crippen molar-refractivity contribution in [3.63, 3.8) is 0 Å². The number of carbonyl (C=O) groups is 1. The van der Waals surface area contributed by atoms with Gasteiger partial charge in [-0.2, -0.15) is 0 Å². The summed E-state index contributed by atoms with van der Waals surface area (Å²) in [6, 6.07) is 15.9. The third-order valence-electron chi connectivity index (χ3n) is 4.48. The molecular formula is C24H26BrN3O3. The maximum Gasteiger partial charge on any atom is 0.410 e. The zero-order valence-electron chi connectivity index (χ0n) is 18.1. The van der Waals surface area contributed by atoms with Gasteiger partial charge in [0.1, 0.15) is 11.4 Å². The van der Waals surface area contributed by atoms with Crippen molar-refractivity contribution in [1.29, 1.82) is 0 Å². The molecule has 162 valence electrons. The molecule has 0 saturated heterocycles. The highest BCUT2D eigenvalue weighted by molar-refractivity contribution is 9.10. The van der Waals surface area contributed by atoms with Gasteiger partial charge in [0.15, 0.2) is 0 Å². The van der Waals surface area contributed by atoms with Crippen LogP contribution in [-0.2, 0) is 4.74 Å². The van der Waals surface area contributed by atoms with E-state index in [1.165, 1.54) is 0 Å². The van der Waals surface area contributed by atoms with Gasteiger partial charge in [0, 0.05) is 36.4 Å². The van der Waals surface area contributed by atoms with Crippen LogP contribution in [0.4, 0.5) is 4.79 Å². The van der Waals surface area contributed by atoms with Crippen LogP contribution in [0.15, 0.2) is 71.6 Å². The zero-order chi connectivity index (χ0) is 22.4. The van der Waals surface area contributed by atoms with Crippen molar-refractivity contribution in [1.82, 2.24) is 14.9 Å². The molecule has 2 aromatic carbocycles. The highest BCUT2D eigenvalue weighted by Gasteiger charge is 2.24. The Balaban J connectivity index is 1.82. The minimum atomic E-state index is -0.544. The van der Waals surface area contributed by atoms with E-state index in [4.69, 9.17) is 9.47 Å². The third-order valence-corrected chi connectivity index (χ3v) is 5.01. The molecule has 1 atom stereocenters. The summed E-state index contributed by atoms with van der Waals surface area (Å²) in [5.41, 5.74) is 1.61. The molecule has 0 aliphatic heterocycles. The standard InChI is InChI=1S/C24H26BrN3O3/c1-24(2,3)31-23(29)28(4)16-21(17-5-9-19(25)10-6-17)18-7-11-20(12-8-18)30-22-15-26-13-14-27-22/h5-15,21H,16H2,1-4H3. The second-order valence-corrected chi connectivity index (χ2v) is 9.10. The van der Waals surface area contributed by atoms with Gasteiger partial charge < -0.3 is 14.4 Å². The molecule has 0 spiro atoms. The van der Waals surface area contributed by atoms with Crippen molar-refractivity contribution in [3.05, 3.63) is 82.7 Å². The summed E-state index contributed by atoms with van der Waals surface area (Å²) in [5, 5.41) is 0. The van der Waals surface area contributed by atoms with Crippen LogP contribution in [0.1, 0.15) is 37.8 Å². The normalized spacial score (nSPS) is 12.2. The number of amides is 1. The lowest BCUT2D eigenvalue weighted by molar-refractivity contribution is 0.0294. The Morgan fingerprint density at radius 2 is 1.65 bits per heavy atom. The van der Waals surface area contributed by atoms with Gasteiger partial charge in [-0.05, 0) is 56.2 Å². The lowest BCUT2D eigenvalue weighted by Crippen LogP contribution is -2.36. The molecule has 1 unspecified atom stereocenters. The van der Waals surface area contributed by atoms with Crippen LogP contribution in [0.3, 0.4) is 0 Å². The predicted molar refractivity (Wildman–Crippen MR) is 123 cm³/mol. The molecule has 1 aromatic heterocycles. The molecule has 0 fully saturated rings. The van der Waals surface area contributed by atoms with E-state index in [9.17, 15) is 4.79 Å². The van der Waals surface area contributed by atoms with Crippen molar-refractivity contribution in [2.45, 2.75) is 32.3 Å². The van der Waals surface area contributed by atoms with Crippen molar-refractivity contribution >= 4 is 22.0 Å². The Bertz CT molecular complexity index is 987. The van der Waals surface area contributed by atoms with Crippen molar-refractivity contribution < 1.29 is 14.3 Å². The van der Waals surface area contributed by atoms with Crippen LogP contribution in [0, 0.1) is 0 Å². The van der Waals surface area contributed by atoms with Gasteiger partial charge in [0.05, 0.1) is 6.20 Å². The van der Waals surface area contributed by atoms with E-state index in [0.29, 0.717) is 18.2 Å². The Morgan fingerprint density at radius 1 is 1.03 bits per heavy atom. The summed E-state index contributed by atoms with van der Waals surface area (Å²) >= 11 is 3.49. The number of benzene rings is 2. The molecule has 1 amide bonds. The Kier molecular flexibility index (Phi) is 7.28. The first kappa shape index (κ1) is 22.7.